The zero-order chi connectivity index (χ0) is 13.9. The third-order valence-electron chi connectivity index (χ3n) is 3.77. The van der Waals surface area contributed by atoms with Gasteiger partial charge in [-0.2, -0.15) is 0 Å². The van der Waals surface area contributed by atoms with Crippen LogP contribution in [0.3, 0.4) is 0 Å². The molecule has 0 saturated heterocycles. The van der Waals surface area contributed by atoms with Gasteiger partial charge in [-0.25, -0.2) is 0 Å². The minimum absolute atomic E-state index is 0.225. The van der Waals surface area contributed by atoms with Crippen LogP contribution in [0.5, 0.6) is 0 Å². The maximum atomic E-state index is 12.0. The van der Waals surface area contributed by atoms with E-state index in [4.69, 9.17) is 0 Å². The Hall–Kier alpha value is -2.81. The summed E-state index contributed by atoms with van der Waals surface area (Å²) in [7, 11) is 0. The monoisotopic (exact) mass is 260 g/mol. The van der Waals surface area contributed by atoms with Crippen LogP contribution in [0.2, 0.25) is 0 Å². The Morgan fingerprint density at radius 1 is 0.550 bits per heavy atom. The van der Waals surface area contributed by atoms with Gasteiger partial charge in [0.2, 0.25) is 10.9 Å². The normalized spacial score (nSPS) is 11.6. The van der Waals surface area contributed by atoms with Gasteiger partial charge in [0.1, 0.15) is 0 Å². The number of rotatable bonds is 0. The molecule has 0 N–H and O–H groups in total. The highest BCUT2D eigenvalue weighted by molar-refractivity contribution is 6.12. The zero-order valence-electron chi connectivity index (χ0n) is 10.3. The summed E-state index contributed by atoms with van der Waals surface area (Å²) >= 11 is 0. The van der Waals surface area contributed by atoms with Gasteiger partial charge in [0, 0.05) is 10.8 Å². The van der Waals surface area contributed by atoms with Gasteiger partial charge in [-0.1, -0.05) is 30.3 Å². The first-order chi connectivity index (χ1) is 9.66. The molecular weight excluding hydrogens is 252 g/mol. The second-order valence-electron chi connectivity index (χ2n) is 4.90. The molecule has 0 heterocycles. The molecule has 0 spiro atoms. The summed E-state index contributed by atoms with van der Waals surface area (Å²) in [5.74, 6) is 0. The Morgan fingerprint density at radius 3 is 2.00 bits per heavy atom. The standard InChI is InChI=1S/C17H8O3/c18-15-12-6-5-11-7-9-3-1-2-4-10(9)8-13(11)14(12)16(19)17(15)20/h1-8H. The highest BCUT2D eigenvalue weighted by Gasteiger charge is 2.15. The molecule has 3 heteroatoms. The molecule has 0 radical (unpaired) electrons. The van der Waals surface area contributed by atoms with Crippen molar-refractivity contribution >= 4 is 32.3 Å². The molecule has 0 bridgehead atoms. The lowest BCUT2D eigenvalue weighted by Gasteiger charge is -2.03. The summed E-state index contributed by atoms with van der Waals surface area (Å²) in [6.45, 7) is 0. The van der Waals surface area contributed by atoms with Crippen LogP contribution in [-0.4, -0.2) is 0 Å². The quantitative estimate of drug-likeness (QED) is 0.359. The highest BCUT2D eigenvalue weighted by atomic mass is 16.2. The van der Waals surface area contributed by atoms with E-state index in [-0.39, 0.29) is 10.8 Å². The zero-order valence-corrected chi connectivity index (χ0v) is 10.3. The number of hydrogen-bond donors (Lipinski definition) is 0. The maximum Gasteiger partial charge on any atom is 0.274 e. The molecule has 4 aromatic carbocycles. The predicted octanol–water partition coefficient (Wildman–Crippen LogP) is 2.10. The SMILES string of the molecule is O=c1c(=O)c2ccc3cc4ccccc4cc3c2c1=O. The fourth-order valence-electron chi connectivity index (χ4n) is 2.79. The Balaban J connectivity index is 2.39. The number of fused-ring (bicyclic) bond motifs is 4. The first-order valence-corrected chi connectivity index (χ1v) is 6.26. The summed E-state index contributed by atoms with van der Waals surface area (Å²) in [6, 6.07) is 15.0. The van der Waals surface area contributed by atoms with E-state index in [2.05, 4.69) is 0 Å². The van der Waals surface area contributed by atoms with Gasteiger partial charge in [-0.05, 0) is 39.7 Å². The molecule has 3 nitrogen and oxygen atoms in total. The largest absolute Gasteiger partial charge is 0.285 e. The molecule has 4 rings (SSSR count). The van der Waals surface area contributed by atoms with Crippen molar-refractivity contribution in [1.82, 2.24) is 0 Å². The molecule has 0 saturated carbocycles. The van der Waals surface area contributed by atoms with E-state index in [9.17, 15) is 14.4 Å². The molecule has 0 unspecified atom stereocenters. The molecule has 20 heavy (non-hydrogen) atoms. The molecule has 0 aliphatic carbocycles. The molecule has 0 aliphatic rings. The summed E-state index contributed by atoms with van der Waals surface area (Å²) in [4.78, 5) is 35.3. The summed E-state index contributed by atoms with van der Waals surface area (Å²) in [5.41, 5.74) is -2.31. The Labute approximate surface area is 112 Å². The van der Waals surface area contributed by atoms with Gasteiger partial charge in [0.05, 0.1) is 0 Å². The summed E-state index contributed by atoms with van der Waals surface area (Å²) in [5, 5.41) is 4.05. The van der Waals surface area contributed by atoms with Gasteiger partial charge in [0.25, 0.3) is 5.43 Å². The van der Waals surface area contributed by atoms with E-state index in [1.54, 1.807) is 12.1 Å². The lowest BCUT2D eigenvalue weighted by molar-refractivity contribution is 1.56. The summed E-state index contributed by atoms with van der Waals surface area (Å²) < 4.78 is 0. The minimum atomic E-state index is -0.930. The van der Waals surface area contributed by atoms with E-state index in [1.165, 1.54) is 0 Å². The molecule has 0 aliphatic heterocycles. The minimum Gasteiger partial charge on any atom is -0.285 e. The smallest absolute Gasteiger partial charge is 0.274 e. The van der Waals surface area contributed by atoms with Crippen molar-refractivity contribution in [3.63, 3.8) is 0 Å². The van der Waals surface area contributed by atoms with Crippen LogP contribution in [0.25, 0.3) is 32.3 Å². The van der Waals surface area contributed by atoms with Crippen LogP contribution in [0.15, 0.2) is 62.9 Å². The van der Waals surface area contributed by atoms with Crippen molar-refractivity contribution in [2.45, 2.75) is 0 Å². The predicted molar refractivity (Wildman–Crippen MR) is 80.1 cm³/mol. The number of benzene rings is 3. The lowest BCUT2D eigenvalue weighted by atomic mass is 10.0. The molecule has 4 aromatic rings. The third-order valence-corrected chi connectivity index (χ3v) is 3.77. The maximum absolute atomic E-state index is 12.0. The fourth-order valence-corrected chi connectivity index (χ4v) is 2.79. The topological polar surface area (TPSA) is 51.2 Å². The average molecular weight is 260 g/mol. The average Bonchev–Trinajstić information content (AvgIpc) is 2.70. The summed E-state index contributed by atoms with van der Waals surface area (Å²) in [6.07, 6.45) is 0. The van der Waals surface area contributed by atoms with E-state index < -0.39 is 16.3 Å². The van der Waals surface area contributed by atoms with E-state index >= 15 is 0 Å². The van der Waals surface area contributed by atoms with Gasteiger partial charge >= 0.3 is 0 Å². The molecule has 0 atom stereocenters. The van der Waals surface area contributed by atoms with Gasteiger partial charge < -0.3 is 0 Å². The second-order valence-corrected chi connectivity index (χ2v) is 4.90. The van der Waals surface area contributed by atoms with Gasteiger partial charge in [-0.15, -0.1) is 0 Å². The van der Waals surface area contributed by atoms with Gasteiger partial charge in [0.15, 0.2) is 0 Å². The van der Waals surface area contributed by atoms with E-state index in [0.717, 1.165) is 16.2 Å². The lowest BCUT2D eigenvalue weighted by Crippen LogP contribution is -2.29. The van der Waals surface area contributed by atoms with Crippen LogP contribution in [-0.2, 0) is 0 Å². The van der Waals surface area contributed by atoms with Gasteiger partial charge in [-0.3, -0.25) is 14.4 Å². The first kappa shape index (κ1) is 11.1. The number of hydrogen-bond acceptors (Lipinski definition) is 3. The highest BCUT2D eigenvalue weighted by Crippen LogP contribution is 2.26. The van der Waals surface area contributed by atoms with Crippen LogP contribution < -0.4 is 16.3 Å². The Morgan fingerprint density at radius 2 is 1.25 bits per heavy atom. The molecule has 0 fully saturated rings. The van der Waals surface area contributed by atoms with Crippen LogP contribution in [0.4, 0.5) is 0 Å². The van der Waals surface area contributed by atoms with Crippen LogP contribution in [0, 0.1) is 0 Å². The molecular formula is C17H8O3. The van der Waals surface area contributed by atoms with Crippen molar-refractivity contribution in [1.29, 1.82) is 0 Å². The van der Waals surface area contributed by atoms with Crippen molar-refractivity contribution in [3.8, 4) is 0 Å². The van der Waals surface area contributed by atoms with Crippen LogP contribution in [0.1, 0.15) is 0 Å². The first-order valence-electron chi connectivity index (χ1n) is 6.26. The third kappa shape index (κ3) is 1.26. The Kier molecular flexibility index (Phi) is 1.99. The molecule has 0 amide bonds. The fraction of sp³-hybridized carbons (Fsp3) is 0. The molecule has 0 aromatic heterocycles. The van der Waals surface area contributed by atoms with Crippen molar-refractivity contribution in [2.24, 2.45) is 0 Å². The second kappa shape index (κ2) is 3.61. The van der Waals surface area contributed by atoms with E-state index in [1.807, 2.05) is 36.4 Å². The van der Waals surface area contributed by atoms with Crippen molar-refractivity contribution in [2.75, 3.05) is 0 Å². The Bertz CT molecular complexity index is 1150. The van der Waals surface area contributed by atoms with Crippen molar-refractivity contribution in [3.05, 3.63) is 79.2 Å². The van der Waals surface area contributed by atoms with E-state index in [0.29, 0.717) is 5.39 Å². The van der Waals surface area contributed by atoms with Crippen molar-refractivity contribution < 1.29 is 0 Å². The van der Waals surface area contributed by atoms with Crippen LogP contribution >= 0.6 is 0 Å². The molecule has 94 valence electrons.